The number of benzene rings is 1. The first kappa shape index (κ1) is 16.3. The number of nitrogens with zero attached hydrogens (tertiary/aromatic N) is 2. The van der Waals surface area contributed by atoms with Gasteiger partial charge in [-0.05, 0) is 33.2 Å². The molecule has 2 rings (SSSR count). The van der Waals surface area contributed by atoms with Crippen LogP contribution >= 0.6 is 0 Å². The molecule has 1 unspecified atom stereocenters. The van der Waals surface area contributed by atoms with Crippen molar-refractivity contribution < 1.29 is 14.4 Å². The van der Waals surface area contributed by atoms with Gasteiger partial charge in [0.05, 0.1) is 12.8 Å². The van der Waals surface area contributed by atoms with E-state index in [2.05, 4.69) is 10.5 Å². The number of carbonyl (C=O) groups excluding carboxylic acids is 1. The highest BCUT2D eigenvalue weighted by Crippen LogP contribution is 2.30. The highest BCUT2D eigenvalue weighted by atomic mass is 16.7. The third-order valence-corrected chi connectivity index (χ3v) is 3.60. The highest BCUT2D eigenvalue weighted by Gasteiger charge is 2.42. The molecule has 1 aliphatic heterocycles. The molecule has 0 spiro atoms. The Hall–Kier alpha value is -2.08. The van der Waals surface area contributed by atoms with Gasteiger partial charge in [-0.1, -0.05) is 17.3 Å². The molecule has 6 nitrogen and oxygen atoms in total. The average Bonchev–Trinajstić information content (AvgIpc) is 2.90. The van der Waals surface area contributed by atoms with E-state index in [-0.39, 0.29) is 5.91 Å². The van der Waals surface area contributed by atoms with Crippen LogP contribution in [0.2, 0.25) is 0 Å². The molecule has 120 valence electrons. The van der Waals surface area contributed by atoms with Crippen LogP contribution in [0.1, 0.15) is 18.9 Å². The minimum Gasteiger partial charge on any atom is -0.496 e. The van der Waals surface area contributed by atoms with Crippen molar-refractivity contribution in [1.82, 2.24) is 10.2 Å². The number of ether oxygens (including phenoxy) is 1. The Labute approximate surface area is 131 Å². The summed E-state index contributed by atoms with van der Waals surface area (Å²) in [7, 11) is 5.54. The van der Waals surface area contributed by atoms with E-state index in [0.717, 1.165) is 23.6 Å². The molecule has 6 heteroatoms. The lowest BCUT2D eigenvalue weighted by Gasteiger charge is -2.21. The summed E-state index contributed by atoms with van der Waals surface area (Å²) in [4.78, 5) is 19.8. The maximum Gasteiger partial charge on any atom is 0.267 e. The van der Waals surface area contributed by atoms with E-state index in [1.807, 2.05) is 43.3 Å². The molecule has 1 aliphatic rings. The van der Waals surface area contributed by atoms with Crippen molar-refractivity contribution in [3.05, 3.63) is 29.8 Å². The minimum absolute atomic E-state index is 0.150. The summed E-state index contributed by atoms with van der Waals surface area (Å²) < 4.78 is 5.34. The van der Waals surface area contributed by atoms with E-state index >= 15 is 0 Å². The van der Waals surface area contributed by atoms with Crippen LogP contribution in [0.3, 0.4) is 0 Å². The molecule has 1 heterocycles. The summed E-state index contributed by atoms with van der Waals surface area (Å²) >= 11 is 0. The van der Waals surface area contributed by atoms with E-state index < -0.39 is 5.60 Å². The largest absolute Gasteiger partial charge is 0.496 e. The quantitative estimate of drug-likeness (QED) is 0.859. The van der Waals surface area contributed by atoms with Gasteiger partial charge in [-0.2, -0.15) is 0 Å². The van der Waals surface area contributed by atoms with Crippen LogP contribution in [0.4, 0.5) is 0 Å². The SMILES string of the molecule is COc1ccccc1C1=NOC(C)(C(=O)NCCN(C)C)C1. The summed E-state index contributed by atoms with van der Waals surface area (Å²) in [5, 5.41) is 6.98. The van der Waals surface area contributed by atoms with E-state index in [9.17, 15) is 4.79 Å². The van der Waals surface area contributed by atoms with Gasteiger partial charge in [-0.15, -0.1) is 0 Å². The number of hydrogen-bond acceptors (Lipinski definition) is 5. The Morgan fingerprint density at radius 2 is 2.18 bits per heavy atom. The van der Waals surface area contributed by atoms with Crippen molar-refractivity contribution in [3.8, 4) is 5.75 Å². The van der Waals surface area contributed by atoms with E-state index in [4.69, 9.17) is 9.57 Å². The standard InChI is InChI=1S/C16H23N3O3/c1-16(15(20)17-9-10-19(2)3)11-13(18-22-16)12-7-5-6-8-14(12)21-4/h5-8H,9-11H2,1-4H3,(H,17,20). The number of methoxy groups -OCH3 is 1. The topological polar surface area (TPSA) is 63.2 Å². The molecule has 0 bridgehead atoms. The van der Waals surface area contributed by atoms with Crippen LogP contribution in [0.15, 0.2) is 29.4 Å². The number of nitrogens with one attached hydrogen (secondary N) is 1. The number of amides is 1. The predicted molar refractivity (Wildman–Crippen MR) is 85.2 cm³/mol. The molecule has 0 saturated heterocycles. The number of likely N-dealkylation sites (N-methyl/N-ethyl adjacent to an activating group) is 1. The van der Waals surface area contributed by atoms with Gasteiger partial charge in [0.25, 0.3) is 5.91 Å². The first-order chi connectivity index (χ1) is 10.5. The lowest BCUT2D eigenvalue weighted by atomic mass is 9.94. The van der Waals surface area contributed by atoms with Gasteiger partial charge in [0.2, 0.25) is 5.60 Å². The second-order valence-corrected chi connectivity index (χ2v) is 5.80. The molecular formula is C16H23N3O3. The van der Waals surface area contributed by atoms with Crippen molar-refractivity contribution in [1.29, 1.82) is 0 Å². The third kappa shape index (κ3) is 3.57. The lowest BCUT2D eigenvalue weighted by molar-refractivity contribution is -0.141. The van der Waals surface area contributed by atoms with Crippen LogP contribution in [0.5, 0.6) is 5.75 Å². The number of carbonyl (C=O) groups is 1. The van der Waals surface area contributed by atoms with Gasteiger partial charge >= 0.3 is 0 Å². The Kier molecular flexibility index (Phi) is 5.03. The molecule has 1 aromatic carbocycles. The second kappa shape index (κ2) is 6.79. The van der Waals surface area contributed by atoms with Gasteiger partial charge in [0.15, 0.2) is 0 Å². The van der Waals surface area contributed by atoms with Crippen molar-refractivity contribution >= 4 is 11.6 Å². The van der Waals surface area contributed by atoms with E-state index in [1.165, 1.54) is 0 Å². The number of oxime groups is 1. The number of rotatable bonds is 6. The Bertz CT molecular complexity index is 572. The fourth-order valence-corrected chi connectivity index (χ4v) is 2.27. The first-order valence-corrected chi connectivity index (χ1v) is 7.28. The van der Waals surface area contributed by atoms with E-state index in [0.29, 0.717) is 13.0 Å². The summed E-state index contributed by atoms with van der Waals surface area (Å²) in [6.07, 6.45) is 0.418. The highest BCUT2D eigenvalue weighted by molar-refractivity contribution is 6.07. The lowest BCUT2D eigenvalue weighted by Crippen LogP contribution is -2.46. The fourth-order valence-electron chi connectivity index (χ4n) is 2.27. The van der Waals surface area contributed by atoms with Gasteiger partial charge in [-0.3, -0.25) is 4.79 Å². The maximum absolute atomic E-state index is 12.3. The molecular weight excluding hydrogens is 282 g/mol. The summed E-state index contributed by atoms with van der Waals surface area (Å²) in [5.41, 5.74) is 0.611. The van der Waals surface area contributed by atoms with Gasteiger partial charge in [-0.25, -0.2) is 0 Å². The zero-order valence-corrected chi connectivity index (χ0v) is 13.5. The Morgan fingerprint density at radius 1 is 1.45 bits per heavy atom. The average molecular weight is 305 g/mol. The molecule has 1 atom stereocenters. The molecule has 0 aliphatic carbocycles. The van der Waals surface area contributed by atoms with Crippen molar-refractivity contribution in [2.24, 2.45) is 5.16 Å². The van der Waals surface area contributed by atoms with Crippen LogP contribution < -0.4 is 10.1 Å². The molecule has 0 saturated carbocycles. The van der Waals surface area contributed by atoms with E-state index in [1.54, 1.807) is 14.0 Å². The zero-order valence-electron chi connectivity index (χ0n) is 13.5. The Balaban J connectivity index is 2.02. The summed E-state index contributed by atoms with van der Waals surface area (Å²) in [6, 6.07) is 7.58. The van der Waals surface area contributed by atoms with Crippen LogP contribution in [0, 0.1) is 0 Å². The molecule has 1 aromatic rings. The normalized spacial score (nSPS) is 20.5. The molecule has 0 radical (unpaired) electrons. The Morgan fingerprint density at radius 3 is 2.86 bits per heavy atom. The molecule has 1 N–H and O–H groups in total. The summed E-state index contributed by atoms with van der Waals surface area (Å²) in [6.45, 7) is 3.11. The van der Waals surface area contributed by atoms with Crippen molar-refractivity contribution in [3.63, 3.8) is 0 Å². The van der Waals surface area contributed by atoms with Crippen LogP contribution in [-0.2, 0) is 9.63 Å². The number of para-hydroxylation sites is 1. The molecule has 22 heavy (non-hydrogen) atoms. The predicted octanol–water partition coefficient (Wildman–Crippen LogP) is 1.26. The van der Waals surface area contributed by atoms with Gasteiger partial charge < -0.3 is 19.8 Å². The van der Waals surface area contributed by atoms with Gasteiger partial charge in [0.1, 0.15) is 5.75 Å². The molecule has 1 amide bonds. The van der Waals surface area contributed by atoms with Crippen LogP contribution in [0.25, 0.3) is 0 Å². The third-order valence-electron chi connectivity index (χ3n) is 3.60. The minimum atomic E-state index is -0.970. The monoisotopic (exact) mass is 305 g/mol. The maximum atomic E-state index is 12.3. The van der Waals surface area contributed by atoms with Gasteiger partial charge in [0, 0.05) is 25.1 Å². The summed E-state index contributed by atoms with van der Waals surface area (Å²) in [5.74, 6) is 0.574. The first-order valence-electron chi connectivity index (χ1n) is 7.28. The van der Waals surface area contributed by atoms with Crippen LogP contribution in [-0.4, -0.2) is 56.4 Å². The molecule has 0 aromatic heterocycles. The fraction of sp³-hybridized carbons (Fsp3) is 0.500. The van der Waals surface area contributed by atoms with Crippen molar-refractivity contribution in [2.75, 3.05) is 34.3 Å². The zero-order chi connectivity index (χ0) is 16.2. The molecule has 0 fully saturated rings. The number of hydrogen-bond donors (Lipinski definition) is 1. The second-order valence-electron chi connectivity index (χ2n) is 5.80. The smallest absolute Gasteiger partial charge is 0.267 e. The van der Waals surface area contributed by atoms with Crippen molar-refractivity contribution in [2.45, 2.75) is 18.9 Å².